The van der Waals surface area contributed by atoms with Crippen molar-refractivity contribution in [1.29, 1.82) is 0 Å². The van der Waals surface area contributed by atoms with Gasteiger partial charge >= 0.3 is 0 Å². The van der Waals surface area contributed by atoms with Crippen molar-refractivity contribution in [3.8, 4) is 5.75 Å². The van der Waals surface area contributed by atoms with E-state index in [-0.39, 0.29) is 30.0 Å². The normalized spacial score (nSPS) is 19.2. The van der Waals surface area contributed by atoms with Crippen LogP contribution >= 0.6 is 0 Å². The third-order valence-corrected chi connectivity index (χ3v) is 4.21. The van der Waals surface area contributed by atoms with Gasteiger partial charge in [-0.05, 0) is 42.0 Å². The van der Waals surface area contributed by atoms with Gasteiger partial charge in [-0.1, -0.05) is 12.1 Å². The van der Waals surface area contributed by atoms with Crippen LogP contribution in [0.25, 0.3) is 5.76 Å². The quantitative estimate of drug-likeness (QED) is 0.441. The van der Waals surface area contributed by atoms with Gasteiger partial charge in [-0.15, -0.1) is 0 Å². The zero-order valence-corrected chi connectivity index (χ0v) is 13.6. The molecule has 0 aliphatic carbocycles. The molecule has 1 atom stereocenters. The minimum Gasteiger partial charge on any atom is -0.508 e. The number of nitrogens with zero attached hydrogens (tertiary/aromatic N) is 1. The standard InChI is InChI=1S/C19H16FNO5/c20-13-5-1-12(2-6-13)17(24)15-16(11-3-7-14(23)8-4-11)21(9-10-22)19(26)18(15)25/h1-8,16,22-24H,9-10H2/b17-15-. The van der Waals surface area contributed by atoms with Crippen LogP contribution in [0.2, 0.25) is 0 Å². The highest BCUT2D eigenvalue weighted by Gasteiger charge is 2.45. The molecule has 0 radical (unpaired) electrons. The Morgan fingerprint density at radius 1 is 1.04 bits per heavy atom. The first-order chi connectivity index (χ1) is 12.4. The second-order valence-electron chi connectivity index (χ2n) is 5.81. The molecule has 1 unspecified atom stereocenters. The topological polar surface area (TPSA) is 98.1 Å². The van der Waals surface area contributed by atoms with Crippen molar-refractivity contribution < 1.29 is 29.3 Å². The molecular weight excluding hydrogens is 341 g/mol. The summed E-state index contributed by atoms with van der Waals surface area (Å²) < 4.78 is 13.1. The summed E-state index contributed by atoms with van der Waals surface area (Å²) >= 11 is 0. The van der Waals surface area contributed by atoms with Crippen LogP contribution in [-0.4, -0.2) is 45.1 Å². The van der Waals surface area contributed by atoms with E-state index in [2.05, 4.69) is 0 Å². The van der Waals surface area contributed by atoms with Gasteiger partial charge in [0.2, 0.25) is 0 Å². The Bertz CT molecular complexity index is 874. The SMILES string of the molecule is O=C1C(=O)N(CCO)C(c2ccc(O)cc2)/C1=C(/O)c1ccc(F)cc1. The lowest BCUT2D eigenvalue weighted by Gasteiger charge is -2.24. The van der Waals surface area contributed by atoms with Gasteiger partial charge in [-0.3, -0.25) is 9.59 Å². The molecule has 1 heterocycles. The number of hydrogen-bond acceptors (Lipinski definition) is 5. The molecule has 1 aliphatic heterocycles. The lowest BCUT2D eigenvalue weighted by molar-refractivity contribution is -0.140. The summed E-state index contributed by atoms with van der Waals surface area (Å²) in [5.41, 5.74) is 0.525. The van der Waals surface area contributed by atoms with Gasteiger partial charge in [0.05, 0.1) is 18.2 Å². The molecule has 134 valence electrons. The lowest BCUT2D eigenvalue weighted by atomic mass is 9.95. The molecule has 0 aromatic heterocycles. The fourth-order valence-corrected chi connectivity index (χ4v) is 2.98. The molecule has 1 fully saturated rings. The van der Waals surface area contributed by atoms with Gasteiger partial charge in [0.1, 0.15) is 17.3 Å². The minimum atomic E-state index is -0.923. The second-order valence-corrected chi connectivity index (χ2v) is 5.81. The van der Waals surface area contributed by atoms with E-state index in [1.807, 2.05) is 0 Å². The number of aliphatic hydroxyl groups excluding tert-OH is 2. The number of Topliss-reactive ketones (excluding diaryl/α,β-unsaturated/α-hetero) is 1. The number of benzene rings is 2. The second kappa shape index (κ2) is 6.97. The van der Waals surface area contributed by atoms with Crippen LogP contribution < -0.4 is 0 Å². The molecule has 0 spiro atoms. The first-order valence-corrected chi connectivity index (χ1v) is 7.88. The molecule has 3 rings (SSSR count). The van der Waals surface area contributed by atoms with E-state index in [1.165, 1.54) is 36.4 Å². The number of hydrogen-bond donors (Lipinski definition) is 3. The number of aromatic hydroxyl groups is 1. The summed E-state index contributed by atoms with van der Waals surface area (Å²) in [7, 11) is 0. The van der Waals surface area contributed by atoms with Crippen LogP contribution in [-0.2, 0) is 9.59 Å². The third-order valence-electron chi connectivity index (χ3n) is 4.21. The summed E-state index contributed by atoms with van der Waals surface area (Å²) in [4.78, 5) is 26.0. The maximum Gasteiger partial charge on any atom is 0.295 e. The predicted octanol–water partition coefficient (Wildman–Crippen LogP) is 1.95. The summed E-state index contributed by atoms with van der Waals surface area (Å²) in [6, 6.07) is 9.78. The average Bonchev–Trinajstić information content (AvgIpc) is 2.88. The van der Waals surface area contributed by atoms with Gasteiger partial charge in [0.25, 0.3) is 11.7 Å². The molecule has 0 saturated carbocycles. The molecule has 3 N–H and O–H groups in total. The van der Waals surface area contributed by atoms with E-state index in [0.717, 1.165) is 17.0 Å². The Morgan fingerprint density at radius 2 is 1.65 bits per heavy atom. The van der Waals surface area contributed by atoms with Crippen LogP contribution in [0.5, 0.6) is 5.75 Å². The molecule has 0 bridgehead atoms. The molecule has 6 nitrogen and oxygen atoms in total. The van der Waals surface area contributed by atoms with Gasteiger partial charge in [-0.2, -0.15) is 0 Å². The number of carbonyl (C=O) groups excluding carboxylic acids is 2. The van der Waals surface area contributed by atoms with Crippen molar-refractivity contribution in [2.75, 3.05) is 13.2 Å². The van der Waals surface area contributed by atoms with E-state index in [4.69, 9.17) is 0 Å². The van der Waals surface area contributed by atoms with Crippen molar-refractivity contribution in [1.82, 2.24) is 4.90 Å². The van der Waals surface area contributed by atoms with E-state index in [9.17, 15) is 29.3 Å². The molecule has 1 saturated heterocycles. The molecule has 26 heavy (non-hydrogen) atoms. The van der Waals surface area contributed by atoms with Crippen molar-refractivity contribution >= 4 is 17.4 Å². The van der Waals surface area contributed by atoms with E-state index in [0.29, 0.717) is 5.56 Å². The average molecular weight is 357 g/mol. The van der Waals surface area contributed by atoms with Crippen molar-refractivity contribution in [3.05, 3.63) is 71.0 Å². The third kappa shape index (κ3) is 3.04. The fourth-order valence-electron chi connectivity index (χ4n) is 2.98. The zero-order valence-electron chi connectivity index (χ0n) is 13.6. The molecule has 1 aliphatic rings. The number of halogens is 1. The fraction of sp³-hybridized carbons (Fsp3) is 0.158. The first kappa shape index (κ1) is 17.6. The number of phenolic OH excluding ortho intramolecular Hbond substituents is 1. The van der Waals surface area contributed by atoms with Gasteiger partial charge < -0.3 is 20.2 Å². The number of carbonyl (C=O) groups is 2. The zero-order chi connectivity index (χ0) is 18.8. The van der Waals surface area contributed by atoms with Crippen LogP contribution in [0.3, 0.4) is 0 Å². The van der Waals surface area contributed by atoms with E-state index in [1.54, 1.807) is 0 Å². The Kier molecular flexibility index (Phi) is 4.73. The van der Waals surface area contributed by atoms with Crippen molar-refractivity contribution in [3.63, 3.8) is 0 Å². The number of rotatable bonds is 4. The Hall–Kier alpha value is -3.19. The number of phenols is 1. The molecular formula is C19H16FNO5. The monoisotopic (exact) mass is 357 g/mol. The first-order valence-electron chi connectivity index (χ1n) is 7.88. The molecule has 2 aromatic carbocycles. The minimum absolute atomic E-state index is 0.00592. The summed E-state index contributed by atoms with van der Waals surface area (Å²) in [5, 5.41) is 29.3. The van der Waals surface area contributed by atoms with Gasteiger partial charge in [0, 0.05) is 12.1 Å². The Morgan fingerprint density at radius 3 is 2.23 bits per heavy atom. The smallest absolute Gasteiger partial charge is 0.295 e. The maximum atomic E-state index is 13.1. The van der Waals surface area contributed by atoms with Crippen LogP contribution in [0.1, 0.15) is 17.2 Å². The number of ketones is 1. The number of amides is 1. The Labute approximate surface area is 148 Å². The summed E-state index contributed by atoms with van der Waals surface area (Å²) in [6.45, 7) is -0.464. The van der Waals surface area contributed by atoms with Crippen molar-refractivity contribution in [2.45, 2.75) is 6.04 Å². The predicted molar refractivity (Wildman–Crippen MR) is 90.6 cm³/mol. The van der Waals surface area contributed by atoms with E-state index < -0.39 is 29.3 Å². The highest BCUT2D eigenvalue weighted by molar-refractivity contribution is 6.46. The molecule has 7 heteroatoms. The Balaban J connectivity index is 2.17. The summed E-state index contributed by atoms with van der Waals surface area (Å²) in [6.07, 6.45) is 0. The highest BCUT2D eigenvalue weighted by Crippen LogP contribution is 2.39. The number of aliphatic hydroxyl groups is 2. The lowest BCUT2D eigenvalue weighted by Crippen LogP contribution is -2.32. The molecule has 2 aromatic rings. The largest absolute Gasteiger partial charge is 0.508 e. The molecule has 1 amide bonds. The maximum absolute atomic E-state index is 13.1. The van der Waals surface area contributed by atoms with E-state index >= 15 is 0 Å². The van der Waals surface area contributed by atoms with Gasteiger partial charge in [-0.25, -0.2) is 4.39 Å². The van der Waals surface area contributed by atoms with Crippen LogP contribution in [0.4, 0.5) is 4.39 Å². The van der Waals surface area contributed by atoms with Crippen molar-refractivity contribution in [2.24, 2.45) is 0 Å². The highest BCUT2D eigenvalue weighted by atomic mass is 19.1. The van der Waals surface area contributed by atoms with Gasteiger partial charge in [0.15, 0.2) is 0 Å². The van der Waals surface area contributed by atoms with Crippen LogP contribution in [0, 0.1) is 5.82 Å². The number of likely N-dealkylation sites (tertiary alicyclic amines) is 1. The number of β-amino-alcohol motifs (C(OH)–C–C–N with tert-alkyl or cyclic N) is 1. The summed E-state index contributed by atoms with van der Waals surface area (Å²) in [5.74, 6) is -2.66. The van der Waals surface area contributed by atoms with Crippen LogP contribution in [0.15, 0.2) is 54.1 Å².